The molecule has 1 aromatic heterocycles. The first-order valence-corrected chi connectivity index (χ1v) is 7.09. The Hall–Kier alpha value is -0.800. The van der Waals surface area contributed by atoms with Gasteiger partial charge in [-0.3, -0.25) is 4.90 Å². The zero-order chi connectivity index (χ0) is 13.3. The minimum absolute atomic E-state index is 0.442. The van der Waals surface area contributed by atoms with Crippen molar-refractivity contribution in [2.24, 2.45) is 0 Å². The van der Waals surface area contributed by atoms with Crippen LogP contribution in [0.25, 0.3) is 0 Å². The molecule has 1 fully saturated rings. The van der Waals surface area contributed by atoms with Crippen molar-refractivity contribution in [2.75, 3.05) is 13.1 Å². The largest absolute Gasteiger partial charge is 0.466 e. The van der Waals surface area contributed by atoms with Crippen molar-refractivity contribution in [3.05, 3.63) is 23.2 Å². The number of furan rings is 1. The molecule has 2 rings (SSSR count). The molecule has 0 radical (unpaired) electrons. The van der Waals surface area contributed by atoms with Crippen LogP contribution >= 0.6 is 0 Å². The molecule has 0 aliphatic carbocycles. The minimum atomic E-state index is 0.442. The molecule has 3 atom stereocenters. The summed E-state index contributed by atoms with van der Waals surface area (Å²) in [6, 6.07) is 3.84. The fourth-order valence-electron chi connectivity index (χ4n) is 3.08. The van der Waals surface area contributed by atoms with Gasteiger partial charge in [-0.2, -0.15) is 0 Å². The van der Waals surface area contributed by atoms with Gasteiger partial charge in [-0.1, -0.05) is 6.92 Å². The van der Waals surface area contributed by atoms with Crippen LogP contribution in [0.15, 0.2) is 10.5 Å². The molecule has 0 spiro atoms. The number of nitrogens with one attached hydrogen (secondary N) is 1. The van der Waals surface area contributed by atoms with Gasteiger partial charge in [0.25, 0.3) is 0 Å². The highest BCUT2D eigenvalue weighted by Gasteiger charge is 2.30. The van der Waals surface area contributed by atoms with Crippen LogP contribution in [-0.2, 0) is 0 Å². The molecular weight excluding hydrogens is 224 g/mol. The van der Waals surface area contributed by atoms with E-state index in [1.54, 1.807) is 0 Å². The van der Waals surface area contributed by atoms with Crippen molar-refractivity contribution in [1.29, 1.82) is 0 Å². The smallest absolute Gasteiger partial charge is 0.105 e. The molecular formula is C15H26N2O. The van der Waals surface area contributed by atoms with E-state index in [2.05, 4.69) is 44.0 Å². The fourth-order valence-corrected chi connectivity index (χ4v) is 3.08. The van der Waals surface area contributed by atoms with E-state index in [1.807, 2.05) is 6.92 Å². The van der Waals surface area contributed by atoms with Gasteiger partial charge >= 0.3 is 0 Å². The Bertz CT molecular complexity index is 399. The van der Waals surface area contributed by atoms with Crippen molar-refractivity contribution < 1.29 is 4.42 Å². The third-order valence-electron chi connectivity index (χ3n) is 4.15. The van der Waals surface area contributed by atoms with Gasteiger partial charge in [0, 0.05) is 36.8 Å². The predicted octanol–water partition coefficient (Wildman–Crippen LogP) is 3.03. The quantitative estimate of drug-likeness (QED) is 0.894. The summed E-state index contributed by atoms with van der Waals surface area (Å²) in [6.07, 6.45) is 1.19. The van der Waals surface area contributed by atoms with E-state index in [9.17, 15) is 0 Å². The van der Waals surface area contributed by atoms with Crippen molar-refractivity contribution in [3.8, 4) is 0 Å². The Labute approximate surface area is 111 Å². The number of rotatable bonds is 3. The molecule has 0 amide bonds. The molecule has 3 unspecified atom stereocenters. The predicted molar refractivity (Wildman–Crippen MR) is 74.8 cm³/mol. The summed E-state index contributed by atoms with van der Waals surface area (Å²) in [7, 11) is 0. The van der Waals surface area contributed by atoms with Gasteiger partial charge in [0.1, 0.15) is 11.5 Å². The van der Waals surface area contributed by atoms with Crippen LogP contribution in [0.3, 0.4) is 0 Å². The van der Waals surface area contributed by atoms with Crippen LogP contribution in [-0.4, -0.2) is 30.1 Å². The van der Waals surface area contributed by atoms with Gasteiger partial charge in [-0.25, -0.2) is 0 Å². The van der Waals surface area contributed by atoms with Crippen LogP contribution in [0, 0.1) is 13.8 Å². The molecule has 18 heavy (non-hydrogen) atoms. The first-order chi connectivity index (χ1) is 8.52. The summed E-state index contributed by atoms with van der Waals surface area (Å²) in [5.74, 6) is 2.09. The average molecular weight is 250 g/mol. The summed E-state index contributed by atoms with van der Waals surface area (Å²) in [5, 5.41) is 3.57. The molecule has 1 aliphatic heterocycles. The van der Waals surface area contributed by atoms with E-state index in [4.69, 9.17) is 4.42 Å². The maximum Gasteiger partial charge on any atom is 0.105 e. The number of nitrogens with zero attached hydrogens (tertiary/aromatic N) is 1. The second-order valence-electron chi connectivity index (χ2n) is 5.61. The third-order valence-corrected chi connectivity index (χ3v) is 4.15. The molecule has 0 bridgehead atoms. The second-order valence-corrected chi connectivity index (χ2v) is 5.61. The molecule has 2 heterocycles. The van der Waals surface area contributed by atoms with E-state index in [-0.39, 0.29) is 0 Å². The van der Waals surface area contributed by atoms with Crippen LogP contribution < -0.4 is 5.32 Å². The molecule has 0 saturated carbocycles. The van der Waals surface area contributed by atoms with E-state index >= 15 is 0 Å². The van der Waals surface area contributed by atoms with E-state index in [1.165, 1.54) is 12.0 Å². The van der Waals surface area contributed by atoms with Gasteiger partial charge in [0.05, 0.1) is 0 Å². The van der Waals surface area contributed by atoms with Gasteiger partial charge < -0.3 is 9.73 Å². The van der Waals surface area contributed by atoms with Gasteiger partial charge in [-0.15, -0.1) is 0 Å². The lowest BCUT2D eigenvalue weighted by Crippen LogP contribution is -2.55. The Kier molecular flexibility index (Phi) is 4.13. The monoisotopic (exact) mass is 250 g/mol. The standard InChI is InChI=1S/C15H26N2O/c1-6-14-8-16-10(2)9-17(14)12(4)15-7-11(3)18-13(15)5/h7,10,12,14,16H,6,8-9H2,1-5H3. The normalized spacial score (nSPS) is 27.4. The van der Waals surface area contributed by atoms with Gasteiger partial charge in [0.15, 0.2) is 0 Å². The molecule has 1 aromatic rings. The summed E-state index contributed by atoms with van der Waals surface area (Å²) in [5.41, 5.74) is 1.35. The third kappa shape index (κ3) is 2.62. The Morgan fingerprint density at radius 1 is 1.50 bits per heavy atom. The fraction of sp³-hybridized carbons (Fsp3) is 0.733. The maximum absolute atomic E-state index is 5.68. The molecule has 1 saturated heterocycles. The first kappa shape index (κ1) is 13.6. The zero-order valence-corrected chi connectivity index (χ0v) is 12.3. The Balaban J connectivity index is 2.20. The topological polar surface area (TPSA) is 28.4 Å². The van der Waals surface area contributed by atoms with Crippen LogP contribution in [0.4, 0.5) is 0 Å². The average Bonchev–Trinajstić information content (AvgIpc) is 2.67. The molecule has 102 valence electrons. The first-order valence-electron chi connectivity index (χ1n) is 7.09. The van der Waals surface area contributed by atoms with E-state index in [0.29, 0.717) is 18.1 Å². The Morgan fingerprint density at radius 2 is 2.22 bits per heavy atom. The molecule has 3 heteroatoms. The summed E-state index contributed by atoms with van der Waals surface area (Å²) in [6.45, 7) is 13.2. The summed E-state index contributed by atoms with van der Waals surface area (Å²) in [4.78, 5) is 2.62. The lowest BCUT2D eigenvalue weighted by Gasteiger charge is -2.42. The Morgan fingerprint density at radius 3 is 2.78 bits per heavy atom. The highest BCUT2D eigenvalue weighted by atomic mass is 16.3. The van der Waals surface area contributed by atoms with Crippen molar-refractivity contribution >= 4 is 0 Å². The summed E-state index contributed by atoms with van der Waals surface area (Å²) < 4.78 is 5.68. The zero-order valence-electron chi connectivity index (χ0n) is 12.3. The molecule has 1 N–H and O–H groups in total. The minimum Gasteiger partial charge on any atom is -0.466 e. The lowest BCUT2D eigenvalue weighted by molar-refractivity contribution is 0.0898. The number of hydrogen-bond donors (Lipinski definition) is 1. The van der Waals surface area contributed by atoms with Crippen molar-refractivity contribution in [2.45, 2.75) is 59.2 Å². The molecule has 0 aromatic carbocycles. The van der Waals surface area contributed by atoms with Crippen molar-refractivity contribution in [3.63, 3.8) is 0 Å². The SMILES string of the molecule is CCC1CNC(C)CN1C(C)c1cc(C)oc1C. The van der Waals surface area contributed by atoms with Gasteiger partial charge in [-0.05, 0) is 40.2 Å². The number of hydrogen-bond acceptors (Lipinski definition) is 3. The second kappa shape index (κ2) is 5.45. The summed E-state index contributed by atoms with van der Waals surface area (Å²) >= 11 is 0. The van der Waals surface area contributed by atoms with Crippen LogP contribution in [0.1, 0.15) is 50.3 Å². The van der Waals surface area contributed by atoms with E-state index in [0.717, 1.165) is 24.6 Å². The van der Waals surface area contributed by atoms with Gasteiger partial charge in [0.2, 0.25) is 0 Å². The number of piperazine rings is 1. The highest BCUT2D eigenvalue weighted by Crippen LogP contribution is 2.29. The lowest BCUT2D eigenvalue weighted by atomic mass is 10.0. The van der Waals surface area contributed by atoms with Crippen LogP contribution in [0.2, 0.25) is 0 Å². The van der Waals surface area contributed by atoms with E-state index < -0.39 is 0 Å². The van der Waals surface area contributed by atoms with Crippen LogP contribution in [0.5, 0.6) is 0 Å². The van der Waals surface area contributed by atoms with Crippen molar-refractivity contribution in [1.82, 2.24) is 10.2 Å². The number of aryl methyl sites for hydroxylation is 2. The molecule has 1 aliphatic rings. The maximum atomic E-state index is 5.68. The highest BCUT2D eigenvalue weighted by molar-refractivity contribution is 5.24. The molecule has 3 nitrogen and oxygen atoms in total.